The molecular weight excluding hydrogens is 337 g/mol. The summed E-state index contributed by atoms with van der Waals surface area (Å²) in [5.41, 5.74) is 6.60. The number of nitrogen functional groups attached to an aromatic ring is 1. The number of carboxylic acids is 1. The van der Waals surface area contributed by atoms with Crippen molar-refractivity contribution >= 4 is 51.2 Å². The lowest BCUT2D eigenvalue weighted by atomic mass is 10.1. The van der Waals surface area contributed by atoms with E-state index in [9.17, 15) is 9.59 Å². The third kappa shape index (κ3) is 4.25. The standard InChI is InChI=1S/C12H11BrClNO4/c1-19-12(18)7(5-10(16)17)2-6-3-8(13)11(15)9(14)4-6/h2-4H,5,15H2,1H3,(H,16,17)/b7-2-. The van der Waals surface area contributed by atoms with Crippen molar-refractivity contribution in [1.82, 2.24) is 0 Å². The van der Waals surface area contributed by atoms with Gasteiger partial charge in [-0.05, 0) is 39.7 Å². The van der Waals surface area contributed by atoms with Crippen LogP contribution in [-0.2, 0) is 14.3 Å². The summed E-state index contributed by atoms with van der Waals surface area (Å²) in [7, 11) is 1.18. The number of ether oxygens (including phenoxy) is 1. The predicted octanol–water partition coefficient (Wildman–Crippen LogP) is 2.72. The summed E-state index contributed by atoms with van der Waals surface area (Å²) in [6, 6.07) is 3.17. The summed E-state index contributed by atoms with van der Waals surface area (Å²) in [6.07, 6.45) is 0.961. The number of carbonyl (C=O) groups is 2. The summed E-state index contributed by atoms with van der Waals surface area (Å²) < 4.78 is 5.09. The van der Waals surface area contributed by atoms with Crippen LogP contribution in [0.2, 0.25) is 5.02 Å². The maximum absolute atomic E-state index is 11.5. The van der Waals surface area contributed by atoms with Crippen molar-refractivity contribution in [3.8, 4) is 0 Å². The van der Waals surface area contributed by atoms with Crippen LogP contribution in [-0.4, -0.2) is 24.2 Å². The summed E-state index contributed by atoms with van der Waals surface area (Å²) in [6.45, 7) is 0. The molecule has 0 aliphatic rings. The number of methoxy groups -OCH3 is 1. The Morgan fingerprint density at radius 3 is 2.63 bits per heavy atom. The van der Waals surface area contributed by atoms with Crippen LogP contribution in [0.4, 0.5) is 5.69 Å². The molecule has 0 spiro atoms. The molecule has 0 heterocycles. The smallest absolute Gasteiger partial charge is 0.334 e. The van der Waals surface area contributed by atoms with E-state index in [0.717, 1.165) is 0 Å². The fourth-order valence-electron chi connectivity index (χ4n) is 1.36. The van der Waals surface area contributed by atoms with Crippen molar-refractivity contribution in [2.24, 2.45) is 0 Å². The number of benzene rings is 1. The largest absolute Gasteiger partial charge is 0.481 e. The van der Waals surface area contributed by atoms with Gasteiger partial charge in [-0.3, -0.25) is 4.79 Å². The number of esters is 1. The van der Waals surface area contributed by atoms with E-state index < -0.39 is 18.4 Å². The number of anilines is 1. The quantitative estimate of drug-likeness (QED) is 0.496. The SMILES string of the molecule is COC(=O)/C(=C\c1cc(Cl)c(N)c(Br)c1)CC(=O)O. The second kappa shape index (κ2) is 6.58. The van der Waals surface area contributed by atoms with Crippen molar-refractivity contribution in [1.29, 1.82) is 0 Å². The van der Waals surface area contributed by atoms with Crippen molar-refractivity contribution in [2.45, 2.75) is 6.42 Å². The topological polar surface area (TPSA) is 89.6 Å². The molecule has 0 aromatic heterocycles. The third-order valence-corrected chi connectivity index (χ3v) is 3.20. The zero-order valence-electron chi connectivity index (χ0n) is 9.94. The zero-order chi connectivity index (χ0) is 14.6. The highest BCUT2D eigenvalue weighted by molar-refractivity contribution is 9.10. The average molecular weight is 349 g/mol. The van der Waals surface area contributed by atoms with E-state index in [-0.39, 0.29) is 5.57 Å². The maximum atomic E-state index is 11.5. The summed E-state index contributed by atoms with van der Waals surface area (Å²) in [5.74, 6) is -1.83. The third-order valence-electron chi connectivity index (χ3n) is 2.23. The predicted molar refractivity (Wildman–Crippen MR) is 75.8 cm³/mol. The molecule has 3 N–H and O–H groups in total. The van der Waals surface area contributed by atoms with Gasteiger partial charge in [0.25, 0.3) is 0 Å². The fourth-order valence-corrected chi connectivity index (χ4v) is 2.18. The Labute approximate surface area is 123 Å². The number of nitrogens with two attached hydrogens (primary N) is 1. The van der Waals surface area contributed by atoms with Gasteiger partial charge in [0, 0.05) is 10.0 Å². The van der Waals surface area contributed by atoms with Crippen molar-refractivity contribution in [3.05, 3.63) is 32.8 Å². The van der Waals surface area contributed by atoms with Crippen LogP contribution in [0.1, 0.15) is 12.0 Å². The van der Waals surface area contributed by atoms with Gasteiger partial charge in [0.05, 0.1) is 24.2 Å². The molecule has 1 aromatic rings. The van der Waals surface area contributed by atoms with Gasteiger partial charge in [-0.25, -0.2) is 4.79 Å². The molecule has 0 aliphatic carbocycles. The minimum atomic E-state index is -1.13. The molecule has 102 valence electrons. The minimum Gasteiger partial charge on any atom is -0.481 e. The molecule has 1 rings (SSSR count). The summed E-state index contributed by atoms with van der Waals surface area (Å²) >= 11 is 9.13. The van der Waals surface area contributed by atoms with Gasteiger partial charge >= 0.3 is 11.9 Å². The number of hydrogen-bond acceptors (Lipinski definition) is 4. The van der Waals surface area contributed by atoms with Gasteiger partial charge < -0.3 is 15.6 Å². The number of aliphatic carboxylic acids is 1. The second-order valence-electron chi connectivity index (χ2n) is 3.63. The van der Waals surface area contributed by atoms with Crippen LogP contribution in [0.15, 0.2) is 22.2 Å². The number of carboxylic acid groups (broad SMARTS) is 1. The van der Waals surface area contributed by atoms with E-state index in [0.29, 0.717) is 20.7 Å². The van der Waals surface area contributed by atoms with Crippen molar-refractivity contribution in [3.63, 3.8) is 0 Å². The summed E-state index contributed by atoms with van der Waals surface area (Å²) in [4.78, 5) is 22.2. The number of hydrogen-bond donors (Lipinski definition) is 2. The van der Waals surface area contributed by atoms with Crippen LogP contribution in [0.3, 0.4) is 0 Å². The molecule has 0 bridgehead atoms. The molecule has 7 heteroatoms. The number of halogens is 2. The maximum Gasteiger partial charge on any atom is 0.334 e. The molecule has 19 heavy (non-hydrogen) atoms. The lowest BCUT2D eigenvalue weighted by Gasteiger charge is -2.06. The van der Waals surface area contributed by atoms with Crippen LogP contribution in [0.25, 0.3) is 6.08 Å². The molecule has 0 amide bonds. The highest BCUT2D eigenvalue weighted by Gasteiger charge is 2.14. The Hall–Kier alpha value is -1.53. The van der Waals surface area contributed by atoms with Gasteiger partial charge in [0.1, 0.15) is 0 Å². The van der Waals surface area contributed by atoms with Crippen LogP contribution in [0.5, 0.6) is 0 Å². The Bertz CT molecular complexity index is 534. The van der Waals surface area contributed by atoms with E-state index in [1.54, 1.807) is 6.07 Å². The molecule has 5 nitrogen and oxygen atoms in total. The molecule has 0 atom stereocenters. The Morgan fingerprint density at radius 2 is 2.16 bits per heavy atom. The lowest BCUT2D eigenvalue weighted by Crippen LogP contribution is -2.09. The number of rotatable bonds is 4. The lowest BCUT2D eigenvalue weighted by molar-refractivity contribution is -0.141. The van der Waals surface area contributed by atoms with Gasteiger partial charge in [0.2, 0.25) is 0 Å². The molecule has 0 fully saturated rings. The monoisotopic (exact) mass is 347 g/mol. The molecule has 0 aliphatic heterocycles. The first-order valence-electron chi connectivity index (χ1n) is 5.10. The molecular formula is C12H11BrClNO4. The van der Waals surface area contributed by atoms with E-state index in [2.05, 4.69) is 20.7 Å². The molecule has 0 radical (unpaired) electrons. The second-order valence-corrected chi connectivity index (χ2v) is 4.89. The molecule has 0 saturated carbocycles. The van der Waals surface area contributed by atoms with E-state index >= 15 is 0 Å². The number of carbonyl (C=O) groups excluding carboxylic acids is 1. The Morgan fingerprint density at radius 1 is 1.53 bits per heavy atom. The van der Waals surface area contributed by atoms with Crippen LogP contribution >= 0.6 is 27.5 Å². The Balaban J connectivity index is 3.21. The Kier molecular flexibility index (Phi) is 5.38. The summed E-state index contributed by atoms with van der Waals surface area (Å²) in [5, 5.41) is 9.06. The van der Waals surface area contributed by atoms with Gasteiger partial charge in [-0.2, -0.15) is 0 Å². The minimum absolute atomic E-state index is 0.0164. The highest BCUT2D eigenvalue weighted by Crippen LogP contribution is 2.30. The van der Waals surface area contributed by atoms with Crippen LogP contribution in [0, 0.1) is 0 Å². The van der Waals surface area contributed by atoms with Gasteiger partial charge in [-0.1, -0.05) is 11.6 Å². The van der Waals surface area contributed by atoms with Crippen molar-refractivity contribution in [2.75, 3.05) is 12.8 Å². The molecule has 0 saturated heterocycles. The van der Waals surface area contributed by atoms with Gasteiger partial charge in [-0.15, -0.1) is 0 Å². The first-order chi connectivity index (χ1) is 8.85. The normalized spacial score (nSPS) is 11.2. The van der Waals surface area contributed by atoms with Gasteiger partial charge in [0.15, 0.2) is 0 Å². The molecule has 1 aromatic carbocycles. The van der Waals surface area contributed by atoms with Crippen LogP contribution < -0.4 is 5.73 Å². The average Bonchev–Trinajstić information content (AvgIpc) is 2.33. The molecule has 0 unspecified atom stereocenters. The van der Waals surface area contributed by atoms with E-state index in [1.807, 2.05) is 0 Å². The van der Waals surface area contributed by atoms with Crippen molar-refractivity contribution < 1.29 is 19.4 Å². The van der Waals surface area contributed by atoms with E-state index in [4.69, 9.17) is 22.4 Å². The first-order valence-corrected chi connectivity index (χ1v) is 6.27. The zero-order valence-corrected chi connectivity index (χ0v) is 12.3. The highest BCUT2D eigenvalue weighted by atomic mass is 79.9. The first kappa shape index (κ1) is 15.5. The fraction of sp³-hybridized carbons (Fsp3) is 0.167. The van der Waals surface area contributed by atoms with E-state index in [1.165, 1.54) is 19.3 Å².